The molecule has 0 amide bonds. The summed E-state index contributed by atoms with van der Waals surface area (Å²) < 4.78 is 6.52. The van der Waals surface area contributed by atoms with Gasteiger partial charge in [-0.25, -0.2) is 0 Å². The fourth-order valence-electron chi connectivity index (χ4n) is 6.46. The predicted molar refractivity (Wildman–Crippen MR) is 164 cm³/mol. The van der Waals surface area contributed by atoms with E-state index < -0.39 is 0 Å². The van der Waals surface area contributed by atoms with Gasteiger partial charge in [-0.2, -0.15) is 0 Å². The maximum Gasteiger partial charge on any atom is 0.158 e. The molecule has 0 fully saturated rings. The number of hydrogen-bond donors (Lipinski definition) is 1. The SMILES string of the molecule is CC1(C)c2ccccc2-c2cc(-c3cccc(Nc4cccc5c4oc4c6ccccc6ccc54)c3)ccc21. The van der Waals surface area contributed by atoms with E-state index in [4.69, 9.17) is 4.42 Å². The molecule has 6 aromatic carbocycles. The second kappa shape index (κ2) is 8.09. The fraction of sp³-hybridized carbons (Fsp3) is 0.0811. The number of rotatable bonds is 3. The topological polar surface area (TPSA) is 25.2 Å². The number of hydrogen-bond acceptors (Lipinski definition) is 2. The molecule has 0 saturated heterocycles. The van der Waals surface area contributed by atoms with Crippen LogP contribution >= 0.6 is 0 Å². The van der Waals surface area contributed by atoms with Gasteiger partial charge < -0.3 is 9.73 Å². The van der Waals surface area contributed by atoms with E-state index in [1.807, 2.05) is 0 Å². The van der Waals surface area contributed by atoms with Crippen molar-refractivity contribution in [3.8, 4) is 22.3 Å². The molecule has 1 aliphatic rings. The van der Waals surface area contributed by atoms with Crippen molar-refractivity contribution in [3.63, 3.8) is 0 Å². The van der Waals surface area contributed by atoms with Crippen LogP contribution in [0.2, 0.25) is 0 Å². The summed E-state index contributed by atoms with van der Waals surface area (Å²) in [6.07, 6.45) is 0. The van der Waals surface area contributed by atoms with Crippen molar-refractivity contribution in [1.82, 2.24) is 0 Å². The van der Waals surface area contributed by atoms with Crippen LogP contribution in [0.4, 0.5) is 11.4 Å². The van der Waals surface area contributed by atoms with Crippen LogP contribution in [0.15, 0.2) is 126 Å². The summed E-state index contributed by atoms with van der Waals surface area (Å²) in [5.74, 6) is 0. The van der Waals surface area contributed by atoms with Crippen molar-refractivity contribution in [2.24, 2.45) is 0 Å². The van der Waals surface area contributed by atoms with Crippen LogP contribution in [0.5, 0.6) is 0 Å². The van der Waals surface area contributed by atoms with Crippen LogP contribution in [0, 0.1) is 0 Å². The lowest BCUT2D eigenvalue weighted by atomic mass is 9.82. The third-order valence-corrected chi connectivity index (χ3v) is 8.45. The lowest BCUT2D eigenvalue weighted by Gasteiger charge is -2.21. The Hall–Kier alpha value is -4.82. The van der Waals surface area contributed by atoms with Gasteiger partial charge in [-0.15, -0.1) is 0 Å². The summed E-state index contributed by atoms with van der Waals surface area (Å²) in [6.45, 7) is 4.65. The Morgan fingerprint density at radius 2 is 1.28 bits per heavy atom. The van der Waals surface area contributed by atoms with Crippen LogP contribution in [0.3, 0.4) is 0 Å². The standard InChI is InChI=1S/C37H27NO/c1-37(2)32-15-6-5-13-28(32)31-22-25(18-20-33(31)37)24-10-7-11-26(21-24)38-34-16-8-14-29-30-19-17-23-9-3-4-12-27(23)35(30)39-36(29)34/h3-22,38H,1-2H3. The molecule has 7 aromatic rings. The van der Waals surface area contributed by atoms with Crippen molar-refractivity contribution in [3.05, 3.63) is 132 Å². The van der Waals surface area contributed by atoms with Gasteiger partial charge >= 0.3 is 0 Å². The molecule has 2 heteroatoms. The van der Waals surface area contributed by atoms with Crippen molar-refractivity contribution < 1.29 is 4.42 Å². The lowest BCUT2D eigenvalue weighted by Crippen LogP contribution is -2.14. The van der Waals surface area contributed by atoms with Crippen LogP contribution < -0.4 is 5.32 Å². The van der Waals surface area contributed by atoms with E-state index in [2.05, 4.69) is 140 Å². The zero-order valence-electron chi connectivity index (χ0n) is 22.0. The van der Waals surface area contributed by atoms with Gasteiger partial charge in [-0.1, -0.05) is 105 Å². The van der Waals surface area contributed by atoms with E-state index in [1.165, 1.54) is 38.8 Å². The van der Waals surface area contributed by atoms with Crippen molar-refractivity contribution in [2.75, 3.05) is 5.32 Å². The quantitative estimate of drug-likeness (QED) is 0.260. The lowest BCUT2D eigenvalue weighted by molar-refractivity contribution is 0.660. The van der Waals surface area contributed by atoms with Gasteiger partial charge in [0.25, 0.3) is 0 Å². The van der Waals surface area contributed by atoms with E-state index in [0.29, 0.717) is 0 Å². The Labute approximate surface area is 227 Å². The van der Waals surface area contributed by atoms with Crippen LogP contribution in [0.1, 0.15) is 25.0 Å². The first-order chi connectivity index (χ1) is 19.1. The Morgan fingerprint density at radius 3 is 2.23 bits per heavy atom. The fourth-order valence-corrected chi connectivity index (χ4v) is 6.46. The second-order valence-corrected chi connectivity index (χ2v) is 11.1. The molecule has 0 aliphatic heterocycles. The van der Waals surface area contributed by atoms with Crippen LogP contribution in [-0.4, -0.2) is 0 Å². The molecule has 8 rings (SSSR count). The maximum atomic E-state index is 6.52. The molecule has 0 bridgehead atoms. The molecular formula is C37H27NO. The highest BCUT2D eigenvalue weighted by Crippen LogP contribution is 2.49. The van der Waals surface area contributed by atoms with Crippen molar-refractivity contribution >= 4 is 44.1 Å². The summed E-state index contributed by atoms with van der Waals surface area (Å²) >= 11 is 0. The number of anilines is 2. The largest absolute Gasteiger partial charge is 0.453 e. The monoisotopic (exact) mass is 501 g/mol. The van der Waals surface area contributed by atoms with Gasteiger partial charge in [0.05, 0.1) is 5.69 Å². The number of benzene rings is 6. The summed E-state index contributed by atoms with van der Waals surface area (Å²) in [5, 5.41) is 8.24. The summed E-state index contributed by atoms with van der Waals surface area (Å²) in [6, 6.07) is 43.4. The Kier molecular flexibility index (Phi) is 4.60. The molecule has 0 saturated carbocycles. The summed E-state index contributed by atoms with van der Waals surface area (Å²) in [4.78, 5) is 0. The third-order valence-electron chi connectivity index (χ3n) is 8.45. The highest BCUT2D eigenvalue weighted by Gasteiger charge is 2.35. The van der Waals surface area contributed by atoms with Gasteiger partial charge in [0.1, 0.15) is 5.58 Å². The van der Waals surface area contributed by atoms with E-state index in [1.54, 1.807) is 0 Å². The maximum absolute atomic E-state index is 6.52. The van der Waals surface area contributed by atoms with Gasteiger partial charge in [-0.05, 0) is 69.1 Å². The first-order valence-corrected chi connectivity index (χ1v) is 13.5. The Balaban J connectivity index is 1.20. The highest BCUT2D eigenvalue weighted by atomic mass is 16.3. The molecule has 0 unspecified atom stereocenters. The minimum Gasteiger partial charge on any atom is -0.453 e. The van der Waals surface area contributed by atoms with Gasteiger partial charge in [0.15, 0.2) is 5.58 Å². The molecule has 1 aliphatic carbocycles. The van der Waals surface area contributed by atoms with Crippen molar-refractivity contribution in [2.45, 2.75) is 19.3 Å². The molecule has 1 aromatic heterocycles. The van der Waals surface area contributed by atoms with Gasteiger partial charge in [-0.3, -0.25) is 0 Å². The first kappa shape index (κ1) is 22.2. The normalized spacial score (nSPS) is 13.6. The van der Waals surface area contributed by atoms with Crippen LogP contribution in [-0.2, 0) is 5.41 Å². The average molecular weight is 502 g/mol. The average Bonchev–Trinajstić information content (AvgIpc) is 3.47. The van der Waals surface area contributed by atoms with E-state index in [9.17, 15) is 0 Å². The summed E-state index contributed by atoms with van der Waals surface area (Å²) in [5.41, 5.74) is 11.7. The predicted octanol–water partition coefficient (Wildman–Crippen LogP) is 10.5. The first-order valence-electron chi connectivity index (χ1n) is 13.5. The molecule has 0 atom stereocenters. The molecule has 186 valence electrons. The zero-order valence-corrected chi connectivity index (χ0v) is 22.0. The molecule has 0 radical (unpaired) electrons. The summed E-state index contributed by atoms with van der Waals surface area (Å²) in [7, 11) is 0. The Morgan fingerprint density at radius 1 is 0.538 bits per heavy atom. The molecule has 0 spiro atoms. The molecule has 1 heterocycles. The number of nitrogens with one attached hydrogen (secondary N) is 1. The van der Waals surface area contributed by atoms with E-state index in [-0.39, 0.29) is 5.41 Å². The second-order valence-electron chi connectivity index (χ2n) is 11.1. The van der Waals surface area contributed by atoms with Gasteiger partial charge in [0.2, 0.25) is 0 Å². The molecule has 1 N–H and O–H groups in total. The van der Waals surface area contributed by atoms with E-state index >= 15 is 0 Å². The van der Waals surface area contributed by atoms with Crippen molar-refractivity contribution in [1.29, 1.82) is 0 Å². The smallest absolute Gasteiger partial charge is 0.158 e. The van der Waals surface area contributed by atoms with Gasteiger partial charge in [0, 0.05) is 27.3 Å². The van der Waals surface area contributed by atoms with E-state index in [0.717, 1.165) is 38.7 Å². The Bertz CT molecular complexity index is 2080. The molecule has 39 heavy (non-hydrogen) atoms. The number of furan rings is 1. The minimum absolute atomic E-state index is 0.0183. The molecule has 2 nitrogen and oxygen atoms in total. The number of fused-ring (bicyclic) bond motifs is 8. The third kappa shape index (κ3) is 3.28. The highest BCUT2D eigenvalue weighted by molar-refractivity contribution is 6.17. The van der Waals surface area contributed by atoms with Crippen LogP contribution in [0.25, 0.3) is 55.0 Å². The molecular weight excluding hydrogens is 474 g/mol. The number of para-hydroxylation sites is 1. The minimum atomic E-state index is 0.0183. The zero-order chi connectivity index (χ0) is 26.1.